The van der Waals surface area contributed by atoms with Gasteiger partial charge in [0.15, 0.2) is 5.82 Å². The van der Waals surface area contributed by atoms with Crippen LogP contribution in [0.25, 0.3) is 10.7 Å². The van der Waals surface area contributed by atoms with Crippen molar-refractivity contribution in [2.75, 3.05) is 0 Å². The zero-order valence-corrected chi connectivity index (χ0v) is 11.8. The fraction of sp³-hybridized carbons (Fsp3) is 0.385. The average molecular weight is 267 g/mol. The van der Waals surface area contributed by atoms with E-state index in [4.69, 9.17) is 11.6 Å². The zero-order chi connectivity index (χ0) is 12.4. The van der Waals surface area contributed by atoms with Crippen LogP contribution in [0.15, 0.2) is 18.2 Å². The van der Waals surface area contributed by atoms with Crippen LogP contribution in [0.4, 0.5) is 0 Å². The van der Waals surface area contributed by atoms with Gasteiger partial charge >= 0.3 is 0 Å². The van der Waals surface area contributed by atoms with Gasteiger partial charge < -0.3 is 0 Å². The van der Waals surface area contributed by atoms with E-state index in [1.165, 1.54) is 4.88 Å². The molecule has 0 aliphatic carbocycles. The second kappa shape index (κ2) is 5.15. The molecule has 0 saturated heterocycles. The molecule has 0 bridgehead atoms. The minimum absolute atomic E-state index is 0.525. The van der Waals surface area contributed by atoms with E-state index in [1.807, 2.05) is 12.1 Å². The smallest absolute Gasteiger partial charge is 0.171 e. The normalized spacial score (nSPS) is 11.1. The largest absolute Gasteiger partial charge is 0.232 e. The van der Waals surface area contributed by atoms with Gasteiger partial charge in [0, 0.05) is 10.6 Å². The standard InChI is InChI=1S/C13H15ClN2S/c1-8(2)6-10-7-12(14)16-13(15-10)11-5-4-9(3)17-11/h4-5,7-8H,6H2,1-3H3. The molecule has 2 aromatic heterocycles. The lowest BCUT2D eigenvalue weighted by Gasteiger charge is -2.06. The Balaban J connectivity index is 2.37. The quantitative estimate of drug-likeness (QED) is 0.771. The van der Waals surface area contributed by atoms with E-state index >= 15 is 0 Å². The van der Waals surface area contributed by atoms with Gasteiger partial charge in [0.05, 0.1) is 4.88 Å². The summed E-state index contributed by atoms with van der Waals surface area (Å²) < 4.78 is 0. The van der Waals surface area contributed by atoms with E-state index < -0.39 is 0 Å². The lowest BCUT2D eigenvalue weighted by Crippen LogP contribution is -2.00. The SMILES string of the molecule is Cc1ccc(-c2nc(Cl)cc(CC(C)C)n2)s1. The lowest BCUT2D eigenvalue weighted by atomic mass is 10.1. The molecule has 17 heavy (non-hydrogen) atoms. The van der Waals surface area contributed by atoms with Gasteiger partial charge in [-0.2, -0.15) is 0 Å². The average Bonchev–Trinajstić information content (AvgIpc) is 2.62. The minimum atomic E-state index is 0.525. The predicted molar refractivity (Wildman–Crippen MR) is 73.6 cm³/mol. The van der Waals surface area contributed by atoms with Gasteiger partial charge in [-0.25, -0.2) is 9.97 Å². The molecule has 2 aromatic rings. The third-order valence-electron chi connectivity index (χ3n) is 2.33. The van der Waals surface area contributed by atoms with Gasteiger partial charge in [-0.3, -0.25) is 0 Å². The molecule has 2 rings (SSSR count). The van der Waals surface area contributed by atoms with Crippen LogP contribution in [0.2, 0.25) is 5.15 Å². The van der Waals surface area contributed by atoms with Crippen LogP contribution in [-0.2, 0) is 6.42 Å². The fourth-order valence-corrected chi connectivity index (χ4v) is 2.66. The molecule has 2 heterocycles. The van der Waals surface area contributed by atoms with E-state index in [9.17, 15) is 0 Å². The van der Waals surface area contributed by atoms with Crippen LogP contribution in [-0.4, -0.2) is 9.97 Å². The van der Waals surface area contributed by atoms with Crippen LogP contribution in [0.5, 0.6) is 0 Å². The Morgan fingerprint density at radius 3 is 2.65 bits per heavy atom. The van der Waals surface area contributed by atoms with Gasteiger partial charge in [-0.1, -0.05) is 25.4 Å². The molecule has 2 nitrogen and oxygen atoms in total. The van der Waals surface area contributed by atoms with Crippen LogP contribution in [0.3, 0.4) is 0 Å². The van der Waals surface area contributed by atoms with E-state index in [2.05, 4.69) is 36.8 Å². The highest BCUT2D eigenvalue weighted by atomic mass is 35.5. The van der Waals surface area contributed by atoms with E-state index in [0.717, 1.165) is 22.8 Å². The molecule has 0 saturated carbocycles. The monoisotopic (exact) mass is 266 g/mol. The molecule has 0 N–H and O–H groups in total. The van der Waals surface area contributed by atoms with Gasteiger partial charge in [0.2, 0.25) is 0 Å². The second-order valence-corrected chi connectivity index (χ2v) is 6.19. The highest BCUT2D eigenvalue weighted by Gasteiger charge is 2.08. The number of thiophene rings is 1. The summed E-state index contributed by atoms with van der Waals surface area (Å²) in [6.45, 7) is 6.42. The van der Waals surface area contributed by atoms with Crippen molar-refractivity contribution < 1.29 is 0 Å². The molecule has 4 heteroatoms. The molecule has 0 aromatic carbocycles. The fourth-order valence-electron chi connectivity index (χ4n) is 1.65. The molecule has 0 radical (unpaired) electrons. The number of nitrogens with zero attached hydrogens (tertiary/aromatic N) is 2. The molecule has 0 atom stereocenters. The summed E-state index contributed by atoms with van der Waals surface area (Å²) in [6.07, 6.45) is 0.930. The van der Waals surface area contributed by atoms with Crippen molar-refractivity contribution in [3.8, 4) is 10.7 Å². The number of aryl methyl sites for hydroxylation is 1. The topological polar surface area (TPSA) is 25.8 Å². The van der Waals surface area contributed by atoms with Gasteiger partial charge in [0.1, 0.15) is 5.15 Å². The molecule has 0 aliphatic heterocycles. The van der Waals surface area contributed by atoms with Crippen molar-refractivity contribution in [1.82, 2.24) is 9.97 Å². The number of rotatable bonds is 3. The highest BCUT2D eigenvalue weighted by Crippen LogP contribution is 2.26. The summed E-state index contributed by atoms with van der Waals surface area (Å²) in [7, 11) is 0. The molecule has 0 amide bonds. The Labute approximate surface area is 111 Å². The van der Waals surface area contributed by atoms with Crippen molar-refractivity contribution in [1.29, 1.82) is 0 Å². The maximum atomic E-state index is 6.04. The van der Waals surface area contributed by atoms with Crippen molar-refractivity contribution in [3.63, 3.8) is 0 Å². The van der Waals surface area contributed by atoms with Crippen molar-refractivity contribution in [3.05, 3.63) is 33.9 Å². The first-order chi connectivity index (χ1) is 8.04. The Morgan fingerprint density at radius 1 is 1.29 bits per heavy atom. The Kier molecular flexibility index (Phi) is 3.79. The third kappa shape index (κ3) is 3.27. The summed E-state index contributed by atoms with van der Waals surface area (Å²) in [6, 6.07) is 5.97. The van der Waals surface area contributed by atoms with Gasteiger partial charge in [-0.05, 0) is 37.5 Å². The predicted octanol–water partition coefficient (Wildman–Crippen LogP) is 4.37. The molecule has 0 aliphatic rings. The van der Waals surface area contributed by atoms with Gasteiger partial charge in [0.25, 0.3) is 0 Å². The van der Waals surface area contributed by atoms with Crippen LogP contribution >= 0.6 is 22.9 Å². The summed E-state index contributed by atoms with van der Waals surface area (Å²) >= 11 is 7.74. The molecular formula is C13H15ClN2S. The van der Waals surface area contributed by atoms with Crippen LogP contribution in [0.1, 0.15) is 24.4 Å². The Hall–Kier alpha value is -0.930. The number of hydrogen-bond donors (Lipinski definition) is 0. The number of aromatic nitrogens is 2. The highest BCUT2D eigenvalue weighted by molar-refractivity contribution is 7.15. The number of hydrogen-bond acceptors (Lipinski definition) is 3. The lowest BCUT2D eigenvalue weighted by molar-refractivity contribution is 0.634. The minimum Gasteiger partial charge on any atom is -0.232 e. The van der Waals surface area contributed by atoms with E-state index in [-0.39, 0.29) is 0 Å². The molecular weight excluding hydrogens is 252 g/mol. The van der Waals surface area contributed by atoms with Crippen molar-refractivity contribution in [2.45, 2.75) is 27.2 Å². The first kappa shape index (κ1) is 12.5. The first-order valence-corrected chi connectivity index (χ1v) is 6.84. The summed E-state index contributed by atoms with van der Waals surface area (Å²) in [5.74, 6) is 1.31. The van der Waals surface area contributed by atoms with Crippen molar-refractivity contribution >= 4 is 22.9 Å². The maximum Gasteiger partial charge on any atom is 0.171 e. The molecule has 90 valence electrons. The van der Waals surface area contributed by atoms with Crippen molar-refractivity contribution in [2.24, 2.45) is 5.92 Å². The summed E-state index contributed by atoms with van der Waals surface area (Å²) in [5.41, 5.74) is 1.01. The Bertz CT molecular complexity index is 520. The maximum absolute atomic E-state index is 6.04. The Morgan fingerprint density at radius 2 is 2.06 bits per heavy atom. The third-order valence-corrected chi connectivity index (χ3v) is 3.52. The first-order valence-electron chi connectivity index (χ1n) is 5.65. The second-order valence-electron chi connectivity index (χ2n) is 4.51. The zero-order valence-electron chi connectivity index (χ0n) is 10.2. The molecule has 0 spiro atoms. The summed E-state index contributed by atoms with van der Waals surface area (Å²) in [4.78, 5) is 11.2. The van der Waals surface area contributed by atoms with E-state index in [1.54, 1.807) is 11.3 Å². The molecule has 0 fully saturated rings. The van der Waals surface area contributed by atoms with Gasteiger partial charge in [-0.15, -0.1) is 11.3 Å². The number of halogens is 1. The van der Waals surface area contributed by atoms with Crippen LogP contribution < -0.4 is 0 Å². The summed E-state index contributed by atoms with van der Waals surface area (Å²) in [5, 5.41) is 0.525. The van der Waals surface area contributed by atoms with Crippen LogP contribution in [0, 0.1) is 12.8 Å². The van der Waals surface area contributed by atoms with E-state index in [0.29, 0.717) is 11.1 Å². The molecule has 0 unspecified atom stereocenters.